The fourth-order valence-electron chi connectivity index (χ4n) is 3.32. The highest BCUT2D eigenvalue weighted by atomic mass is 16.5. The van der Waals surface area contributed by atoms with Gasteiger partial charge in [-0.15, -0.1) is 0 Å². The van der Waals surface area contributed by atoms with Gasteiger partial charge in [0.05, 0.1) is 26.4 Å². The predicted molar refractivity (Wildman–Crippen MR) is 136 cm³/mol. The van der Waals surface area contributed by atoms with E-state index in [1.54, 1.807) is 13.8 Å². The smallest absolute Gasteiger partial charge is 0.305 e. The van der Waals surface area contributed by atoms with E-state index < -0.39 is 0 Å². The number of nitrogens with one attached hydrogen (secondary N) is 2. The summed E-state index contributed by atoms with van der Waals surface area (Å²) >= 11 is 0. The van der Waals surface area contributed by atoms with Crippen molar-refractivity contribution in [2.24, 2.45) is 0 Å². The molecular weight excluding hydrogens is 468 g/mol. The van der Waals surface area contributed by atoms with Gasteiger partial charge in [0.25, 0.3) is 0 Å². The van der Waals surface area contributed by atoms with Crippen LogP contribution in [0.25, 0.3) is 0 Å². The molecular formula is C26H48N2O8. The van der Waals surface area contributed by atoms with Crippen molar-refractivity contribution >= 4 is 23.8 Å². The monoisotopic (exact) mass is 516 g/mol. The third-order valence-corrected chi connectivity index (χ3v) is 5.21. The van der Waals surface area contributed by atoms with Crippen molar-refractivity contribution in [1.82, 2.24) is 10.6 Å². The van der Waals surface area contributed by atoms with Crippen LogP contribution in [-0.4, -0.2) is 76.5 Å². The maximum Gasteiger partial charge on any atom is 0.305 e. The van der Waals surface area contributed by atoms with Crippen LogP contribution < -0.4 is 10.6 Å². The Morgan fingerprint density at radius 1 is 0.528 bits per heavy atom. The Hall–Kier alpha value is -2.20. The van der Waals surface area contributed by atoms with Crippen LogP contribution in [0.2, 0.25) is 0 Å². The molecule has 0 rings (SSSR count). The number of unbranched alkanes of at least 4 members (excludes halogenated alkanes) is 8. The highest BCUT2D eigenvalue weighted by molar-refractivity contribution is 5.77. The van der Waals surface area contributed by atoms with Gasteiger partial charge in [-0.25, -0.2) is 0 Å². The maximum atomic E-state index is 11.7. The summed E-state index contributed by atoms with van der Waals surface area (Å²) in [5.41, 5.74) is 0. The summed E-state index contributed by atoms with van der Waals surface area (Å²) in [5, 5.41) is 5.62. The summed E-state index contributed by atoms with van der Waals surface area (Å²) < 4.78 is 20.3. The molecule has 36 heavy (non-hydrogen) atoms. The summed E-state index contributed by atoms with van der Waals surface area (Å²) in [6.45, 7) is 6.08. The number of rotatable bonds is 25. The standard InChI is InChI=1S/C26H48N2O8/c1-3-35-25(31)15-11-7-5-9-13-17-27-23(29)21-33-19-20-34-22-24(30)28-18-14-10-6-8-12-16-26(32)36-4-2/h3-22H2,1-2H3,(H,27,29)(H,28,30). The maximum absolute atomic E-state index is 11.7. The molecule has 0 saturated heterocycles. The second-order valence-electron chi connectivity index (χ2n) is 8.45. The Morgan fingerprint density at radius 3 is 1.28 bits per heavy atom. The van der Waals surface area contributed by atoms with E-state index in [1.165, 1.54) is 0 Å². The van der Waals surface area contributed by atoms with Crippen LogP contribution in [0.15, 0.2) is 0 Å². The number of esters is 2. The molecule has 0 bridgehead atoms. The molecule has 0 aliphatic heterocycles. The van der Waals surface area contributed by atoms with Gasteiger partial charge in [-0.05, 0) is 39.5 Å². The first kappa shape index (κ1) is 33.8. The summed E-state index contributed by atoms with van der Waals surface area (Å²) in [7, 11) is 0. The highest BCUT2D eigenvalue weighted by Gasteiger charge is 2.04. The molecule has 0 spiro atoms. The van der Waals surface area contributed by atoms with Crippen LogP contribution >= 0.6 is 0 Å². The van der Waals surface area contributed by atoms with Crippen LogP contribution in [0, 0.1) is 0 Å². The molecule has 0 aromatic rings. The van der Waals surface area contributed by atoms with Crippen LogP contribution in [-0.2, 0) is 38.1 Å². The van der Waals surface area contributed by atoms with Gasteiger partial charge in [0, 0.05) is 25.9 Å². The lowest BCUT2D eigenvalue weighted by molar-refractivity contribution is -0.144. The molecule has 0 aromatic carbocycles. The van der Waals surface area contributed by atoms with Crippen molar-refractivity contribution < 1.29 is 38.1 Å². The van der Waals surface area contributed by atoms with Crippen molar-refractivity contribution in [3.05, 3.63) is 0 Å². The molecule has 0 fully saturated rings. The second-order valence-corrected chi connectivity index (χ2v) is 8.45. The van der Waals surface area contributed by atoms with Crippen LogP contribution in [0.1, 0.15) is 90.9 Å². The minimum Gasteiger partial charge on any atom is -0.466 e. The molecule has 0 atom stereocenters. The molecule has 0 radical (unpaired) electrons. The van der Waals surface area contributed by atoms with Gasteiger partial charge in [0.1, 0.15) is 13.2 Å². The van der Waals surface area contributed by atoms with Crippen molar-refractivity contribution in [3.63, 3.8) is 0 Å². The van der Waals surface area contributed by atoms with E-state index in [-0.39, 0.29) is 50.2 Å². The van der Waals surface area contributed by atoms with Gasteiger partial charge >= 0.3 is 11.9 Å². The van der Waals surface area contributed by atoms with Crippen LogP contribution in [0.4, 0.5) is 0 Å². The number of carbonyl (C=O) groups excluding carboxylic acids is 4. The summed E-state index contributed by atoms with van der Waals surface area (Å²) in [6.07, 6.45) is 10.4. The highest BCUT2D eigenvalue weighted by Crippen LogP contribution is 2.06. The number of carbonyl (C=O) groups is 4. The molecule has 10 heteroatoms. The van der Waals surface area contributed by atoms with Gasteiger partial charge in [-0.2, -0.15) is 0 Å². The fourth-order valence-corrected chi connectivity index (χ4v) is 3.32. The lowest BCUT2D eigenvalue weighted by Gasteiger charge is -2.08. The Morgan fingerprint density at radius 2 is 0.889 bits per heavy atom. The van der Waals surface area contributed by atoms with E-state index in [9.17, 15) is 19.2 Å². The van der Waals surface area contributed by atoms with Gasteiger partial charge in [0.15, 0.2) is 0 Å². The van der Waals surface area contributed by atoms with Crippen molar-refractivity contribution in [3.8, 4) is 0 Å². The fraction of sp³-hybridized carbons (Fsp3) is 0.846. The Kier molecular flexibility index (Phi) is 24.3. The molecule has 0 heterocycles. The topological polar surface area (TPSA) is 129 Å². The van der Waals surface area contributed by atoms with Crippen LogP contribution in [0.5, 0.6) is 0 Å². The minimum atomic E-state index is -0.170. The van der Waals surface area contributed by atoms with Gasteiger partial charge in [-0.1, -0.05) is 38.5 Å². The molecule has 210 valence electrons. The first-order valence-corrected chi connectivity index (χ1v) is 13.5. The van der Waals surface area contributed by atoms with E-state index in [4.69, 9.17) is 18.9 Å². The van der Waals surface area contributed by atoms with E-state index >= 15 is 0 Å². The molecule has 2 N–H and O–H groups in total. The van der Waals surface area contributed by atoms with Crippen LogP contribution in [0.3, 0.4) is 0 Å². The molecule has 2 amide bonds. The molecule has 0 saturated carbocycles. The molecule has 0 aromatic heterocycles. The number of hydrogen-bond donors (Lipinski definition) is 2. The first-order chi connectivity index (χ1) is 17.5. The van der Waals surface area contributed by atoms with Crippen molar-refractivity contribution in [2.75, 3.05) is 52.7 Å². The molecule has 0 aliphatic carbocycles. The summed E-state index contributed by atoms with van der Waals surface area (Å²) in [6, 6.07) is 0. The third-order valence-electron chi connectivity index (χ3n) is 5.21. The van der Waals surface area contributed by atoms with Gasteiger partial charge in [-0.3, -0.25) is 19.2 Å². The molecule has 0 aliphatic rings. The lowest BCUT2D eigenvalue weighted by atomic mass is 10.1. The van der Waals surface area contributed by atoms with E-state index in [0.29, 0.717) is 39.1 Å². The van der Waals surface area contributed by atoms with Crippen molar-refractivity contribution in [2.45, 2.75) is 90.9 Å². The zero-order valence-corrected chi connectivity index (χ0v) is 22.4. The molecule has 0 unspecified atom stereocenters. The predicted octanol–water partition coefficient (Wildman–Crippen LogP) is 3.06. The lowest BCUT2D eigenvalue weighted by Crippen LogP contribution is -2.30. The third kappa shape index (κ3) is 24.9. The zero-order valence-electron chi connectivity index (χ0n) is 22.4. The second kappa shape index (κ2) is 25.9. The number of amides is 2. The normalized spacial score (nSPS) is 10.6. The Labute approximate surface area is 216 Å². The summed E-state index contributed by atoms with van der Waals surface area (Å²) in [4.78, 5) is 45.9. The average molecular weight is 517 g/mol. The van der Waals surface area contributed by atoms with Crippen molar-refractivity contribution in [1.29, 1.82) is 0 Å². The van der Waals surface area contributed by atoms with E-state index in [0.717, 1.165) is 64.2 Å². The average Bonchev–Trinajstić information content (AvgIpc) is 2.84. The number of ether oxygens (including phenoxy) is 4. The zero-order chi connectivity index (χ0) is 26.7. The Bertz CT molecular complexity index is 536. The first-order valence-electron chi connectivity index (χ1n) is 13.5. The van der Waals surface area contributed by atoms with E-state index in [2.05, 4.69) is 10.6 Å². The SMILES string of the molecule is CCOC(=O)CCCCCCCNC(=O)COCCOCC(=O)NCCCCCCCC(=O)OCC. The number of hydrogen-bond acceptors (Lipinski definition) is 8. The molecule has 10 nitrogen and oxygen atoms in total. The summed E-state index contributed by atoms with van der Waals surface area (Å²) in [5.74, 6) is -0.616. The van der Waals surface area contributed by atoms with E-state index in [1.807, 2.05) is 0 Å². The Balaban J connectivity index is 3.35. The quantitative estimate of drug-likeness (QED) is 0.140. The van der Waals surface area contributed by atoms with Gasteiger partial charge in [0.2, 0.25) is 11.8 Å². The van der Waals surface area contributed by atoms with Gasteiger partial charge < -0.3 is 29.6 Å². The minimum absolute atomic E-state index is 0.0329. The largest absolute Gasteiger partial charge is 0.466 e.